The molecule has 0 bridgehead atoms. The van der Waals surface area contributed by atoms with Crippen molar-refractivity contribution in [2.45, 2.75) is 38.7 Å². The second-order valence-corrected chi connectivity index (χ2v) is 5.58. The van der Waals surface area contributed by atoms with Crippen molar-refractivity contribution in [2.75, 3.05) is 11.9 Å². The topological polar surface area (TPSA) is 38.3 Å². The standard InChI is InChI=1S/C14H18BrNO2/c1-10-5-6-12(15)13(8-10)16-14(17)9-11-4-2-3-7-18-11/h5-6,8,11H,2-4,7,9H2,1H3,(H,16,17). The van der Waals surface area contributed by atoms with Gasteiger partial charge in [0.1, 0.15) is 0 Å². The van der Waals surface area contributed by atoms with Gasteiger partial charge in [0.15, 0.2) is 0 Å². The Balaban J connectivity index is 1.92. The predicted octanol–water partition coefficient (Wildman–Crippen LogP) is 3.66. The fraction of sp³-hybridized carbons (Fsp3) is 0.500. The summed E-state index contributed by atoms with van der Waals surface area (Å²) in [5.41, 5.74) is 1.96. The first-order valence-corrected chi connectivity index (χ1v) is 7.12. The largest absolute Gasteiger partial charge is 0.378 e. The van der Waals surface area contributed by atoms with Gasteiger partial charge in [-0.05, 0) is 59.8 Å². The van der Waals surface area contributed by atoms with Crippen molar-refractivity contribution in [3.05, 3.63) is 28.2 Å². The number of carbonyl (C=O) groups excluding carboxylic acids is 1. The lowest BCUT2D eigenvalue weighted by molar-refractivity contribution is -0.119. The number of halogens is 1. The van der Waals surface area contributed by atoms with Gasteiger partial charge in [0.05, 0.1) is 18.2 Å². The summed E-state index contributed by atoms with van der Waals surface area (Å²) < 4.78 is 6.48. The van der Waals surface area contributed by atoms with Crippen LogP contribution < -0.4 is 5.32 Å². The SMILES string of the molecule is Cc1ccc(Br)c(NC(=O)CC2CCCCO2)c1. The third-order valence-electron chi connectivity index (χ3n) is 3.08. The molecule has 3 nitrogen and oxygen atoms in total. The van der Waals surface area contributed by atoms with Crippen LogP contribution in [0, 0.1) is 6.92 Å². The number of aryl methyl sites for hydroxylation is 1. The minimum absolute atomic E-state index is 0.0215. The zero-order valence-corrected chi connectivity index (χ0v) is 12.1. The maximum absolute atomic E-state index is 11.9. The van der Waals surface area contributed by atoms with Crippen LogP contribution >= 0.6 is 15.9 Å². The van der Waals surface area contributed by atoms with Crippen molar-refractivity contribution in [3.63, 3.8) is 0 Å². The van der Waals surface area contributed by atoms with Crippen LogP contribution in [0.4, 0.5) is 5.69 Å². The molecular weight excluding hydrogens is 294 g/mol. The average molecular weight is 312 g/mol. The molecule has 2 rings (SSSR count). The van der Waals surface area contributed by atoms with Gasteiger partial charge in [-0.1, -0.05) is 6.07 Å². The molecule has 1 aromatic carbocycles. The first-order chi connectivity index (χ1) is 8.65. The summed E-state index contributed by atoms with van der Waals surface area (Å²) >= 11 is 3.44. The fourth-order valence-corrected chi connectivity index (χ4v) is 2.46. The molecule has 98 valence electrons. The van der Waals surface area contributed by atoms with E-state index in [1.807, 2.05) is 25.1 Å². The predicted molar refractivity (Wildman–Crippen MR) is 75.7 cm³/mol. The van der Waals surface area contributed by atoms with E-state index in [1.54, 1.807) is 0 Å². The Kier molecular flexibility index (Phi) is 4.78. The molecule has 4 heteroatoms. The molecule has 1 aliphatic rings. The summed E-state index contributed by atoms with van der Waals surface area (Å²) in [6, 6.07) is 5.91. The number of nitrogens with one attached hydrogen (secondary N) is 1. The fourth-order valence-electron chi connectivity index (χ4n) is 2.11. The molecule has 0 radical (unpaired) electrons. The van der Waals surface area contributed by atoms with Gasteiger partial charge < -0.3 is 10.1 Å². The number of ether oxygens (including phenoxy) is 1. The van der Waals surface area contributed by atoms with Gasteiger partial charge >= 0.3 is 0 Å². The number of amides is 1. The highest BCUT2D eigenvalue weighted by atomic mass is 79.9. The van der Waals surface area contributed by atoms with Crippen LogP contribution in [0.5, 0.6) is 0 Å². The molecule has 0 spiro atoms. The minimum atomic E-state index is 0.0215. The summed E-state index contributed by atoms with van der Waals surface area (Å²) in [4.78, 5) is 11.9. The van der Waals surface area contributed by atoms with E-state index in [2.05, 4.69) is 21.2 Å². The lowest BCUT2D eigenvalue weighted by Crippen LogP contribution is -2.25. The third kappa shape index (κ3) is 3.82. The van der Waals surface area contributed by atoms with Crippen molar-refractivity contribution < 1.29 is 9.53 Å². The van der Waals surface area contributed by atoms with Gasteiger partial charge in [-0.25, -0.2) is 0 Å². The summed E-state index contributed by atoms with van der Waals surface area (Å²) in [6.07, 6.45) is 3.79. The number of hydrogen-bond acceptors (Lipinski definition) is 2. The molecule has 1 fully saturated rings. The highest BCUT2D eigenvalue weighted by molar-refractivity contribution is 9.10. The monoisotopic (exact) mass is 311 g/mol. The van der Waals surface area contributed by atoms with E-state index in [9.17, 15) is 4.79 Å². The van der Waals surface area contributed by atoms with Crippen molar-refractivity contribution in [3.8, 4) is 0 Å². The molecule has 0 saturated carbocycles. The zero-order chi connectivity index (χ0) is 13.0. The Morgan fingerprint density at radius 1 is 1.50 bits per heavy atom. The average Bonchev–Trinajstić information content (AvgIpc) is 2.35. The summed E-state index contributed by atoms with van der Waals surface area (Å²) in [5.74, 6) is 0.0215. The van der Waals surface area contributed by atoms with E-state index in [1.165, 1.54) is 0 Å². The van der Waals surface area contributed by atoms with Gasteiger partial charge in [-0.2, -0.15) is 0 Å². The Morgan fingerprint density at radius 2 is 2.33 bits per heavy atom. The molecule has 1 N–H and O–H groups in total. The van der Waals surface area contributed by atoms with Gasteiger partial charge in [-0.15, -0.1) is 0 Å². The smallest absolute Gasteiger partial charge is 0.227 e. The maximum atomic E-state index is 11.9. The normalized spacial score (nSPS) is 19.6. The third-order valence-corrected chi connectivity index (χ3v) is 3.77. The molecule has 0 aromatic heterocycles. The van der Waals surface area contributed by atoms with Crippen molar-refractivity contribution in [1.29, 1.82) is 0 Å². The van der Waals surface area contributed by atoms with Gasteiger partial charge in [0.25, 0.3) is 0 Å². The Labute approximate surface area is 116 Å². The molecule has 0 aliphatic carbocycles. The number of rotatable bonds is 3. The van der Waals surface area contributed by atoms with Crippen LogP contribution in [0.25, 0.3) is 0 Å². The van der Waals surface area contributed by atoms with Crippen LogP contribution in [0.1, 0.15) is 31.2 Å². The summed E-state index contributed by atoms with van der Waals surface area (Å²) in [7, 11) is 0. The van der Waals surface area contributed by atoms with E-state index >= 15 is 0 Å². The second kappa shape index (κ2) is 6.34. The van der Waals surface area contributed by atoms with E-state index < -0.39 is 0 Å². The van der Waals surface area contributed by atoms with Crippen molar-refractivity contribution in [1.82, 2.24) is 0 Å². The van der Waals surface area contributed by atoms with Crippen LogP contribution in [0.3, 0.4) is 0 Å². The molecular formula is C14H18BrNO2. The highest BCUT2D eigenvalue weighted by Crippen LogP contribution is 2.24. The number of hydrogen-bond donors (Lipinski definition) is 1. The van der Waals surface area contributed by atoms with Crippen molar-refractivity contribution >= 4 is 27.5 Å². The van der Waals surface area contributed by atoms with Crippen LogP contribution in [0.2, 0.25) is 0 Å². The van der Waals surface area contributed by atoms with Crippen LogP contribution in [0.15, 0.2) is 22.7 Å². The Bertz CT molecular complexity index is 428. The molecule has 1 saturated heterocycles. The first-order valence-electron chi connectivity index (χ1n) is 6.33. The van der Waals surface area contributed by atoms with Crippen LogP contribution in [-0.2, 0) is 9.53 Å². The molecule has 1 heterocycles. The van der Waals surface area contributed by atoms with Crippen molar-refractivity contribution in [2.24, 2.45) is 0 Å². The number of anilines is 1. The molecule has 1 atom stereocenters. The van der Waals surface area contributed by atoms with E-state index in [0.717, 1.165) is 41.6 Å². The molecule has 1 unspecified atom stereocenters. The minimum Gasteiger partial charge on any atom is -0.378 e. The van der Waals surface area contributed by atoms with Gasteiger partial charge in [0.2, 0.25) is 5.91 Å². The highest BCUT2D eigenvalue weighted by Gasteiger charge is 2.18. The van der Waals surface area contributed by atoms with Gasteiger partial charge in [-0.3, -0.25) is 4.79 Å². The Hall–Kier alpha value is -0.870. The molecule has 1 aromatic rings. The zero-order valence-electron chi connectivity index (χ0n) is 10.5. The van der Waals surface area contributed by atoms with Crippen LogP contribution in [-0.4, -0.2) is 18.6 Å². The van der Waals surface area contributed by atoms with Gasteiger partial charge in [0, 0.05) is 11.1 Å². The second-order valence-electron chi connectivity index (χ2n) is 4.72. The first kappa shape index (κ1) is 13.6. The maximum Gasteiger partial charge on any atom is 0.227 e. The Morgan fingerprint density at radius 3 is 3.06 bits per heavy atom. The van der Waals surface area contributed by atoms with E-state index in [-0.39, 0.29) is 12.0 Å². The molecule has 1 aliphatic heterocycles. The van der Waals surface area contributed by atoms with E-state index in [0.29, 0.717) is 6.42 Å². The number of benzene rings is 1. The quantitative estimate of drug-likeness (QED) is 0.925. The summed E-state index contributed by atoms with van der Waals surface area (Å²) in [5, 5.41) is 2.93. The lowest BCUT2D eigenvalue weighted by Gasteiger charge is -2.22. The van der Waals surface area contributed by atoms with E-state index in [4.69, 9.17) is 4.74 Å². The summed E-state index contributed by atoms with van der Waals surface area (Å²) in [6.45, 7) is 2.79. The lowest BCUT2D eigenvalue weighted by atomic mass is 10.1. The molecule has 18 heavy (non-hydrogen) atoms. The number of carbonyl (C=O) groups is 1. The molecule has 1 amide bonds.